The van der Waals surface area contributed by atoms with Gasteiger partial charge in [-0.25, -0.2) is 9.78 Å². The third-order valence-corrected chi connectivity index (χ3v) is 3.20. The Morgan fingerprint density at radius 1 is 1.00 bits per heavy atom. The number of ether oxygens (including phenoxy) is 4. The zero-order valence-corrected chi connectivity index (χ0v) is 15.4. The summed E-state index contributed by atoms with van der Waals surface area (Å²) in [6.07, 6.45) is 0.621. The molecular weight excluding hydrogens is 338 g/mol. The molecule has 2 rings (SSSR count). The van der Waals surface area contributed by atoms with Gasteiger partial charge in [0.1, 0.15) is 5.60 Å². The van der Waals surface area contributed by atoms with Crippen LogP contribution in [0.4, 0.5) is 4.79 Å². The number of pyridine rings is 1. The molecule has 0 spiro atoms. The molecule has 7 heteroatoms. The Labute approximate surface area is 151 Å². The lowest BCUT2D eigenvalue weighted by atomic mass is 10.1. The van der Waals surface area contributed by atoms with Crippen LogP contribution in [-0.2, 0) is 4.74 Å². The van der Waals surface area contributed by atoms with Crippen LogP contribution in [0.15, 0.2) is 41.3 Å². The van der Waals surface area contributed by atoms with Gasteiger partial charge in [-0.3, -0.25) is 4.79 Å². The monoisotopic (exact) mass is 359 g/mol. The fraction of sp³-hybridized carbons (Fsp3) is 0.316. The predicted molar refractivity (Wildman–Crippen MR) is 95.9 cm³/mol. The topological polar surface area (TPSA) is 84.0 Å². The summed E-state index contributed by atoms with van der Waals surface area (Å²) in [4.78, 5) is 28.2. The molecule has 0 saturated heterocycles. The van der Waals surface area contributed by atoms with Crippen LogP contribution >= 0.6 is 0 Å². The predicted octanol–water partition coefficient (Wildman–Crippen LogP) is 3.44. The number of aromatic nitrogens is 1. The average Bonchev–Trinajstić information content (AvgIpc) is 2.74. The summed E-state index contributed by atoms with van der Waals surface area (Å²) in [6, 6.07) is 7.73. The normalized spacial score (nSPS) is 10.8. The van der Waals surface area contributed by atoms with Crippen LogP contribution in [0.1, 0.15) is 20.8 Å². The Morgan fingerprint density at radius 2 is 1.69 bits per heavy atom. The van der Waals surface area contributed by atoms with E-state index in [0.717, 1.165) is 0 Å². The molecule has 7 nitrogen and oxygen atoms in total. The van der Waals surface area contributed by atoms with Crippen LogP contribution in [0.3, 0.4) is 0 Å². The molecule has 2 aromatic rings. The highest BCUT2D eigenvalue weighted by Crippen LogP contribution is 2.30. The molecule has 0 N–H and O–H groups in total. The van der Waals surface area contributed by atoms with E-state index >= 15 is 0 Å². The maximum atomic E-state index is 12.1. The molecule has 1 heterocycles. The molecule has 1 aromatic carbocycles. The second-order valence-corrected chi connectivity index (χ2v) is 6.36. The molecule has 26 heavy (non-hydrogen) atoms. The van der Waals surface area contributed by atoms with Crippen molar-refractivity contribution in [3.8, 4) is 28.5 Å². The minimum Gasteiger partial charge on any atom is -0.491 e. The first-order valence-corrected chi connectivity index (χ1v) is 7.87. The van der Waals surface area contributed by atoms with Crippen molar-refractivity contribution in [1.82, 2.24) is 4.98 Å². The number of hydrogen-bond acceptors (Lipinski definition) is 7. The van der Waals surface area contributed by atoms with Gasteiger partial charge in [0, 0.05) is 11.8 Å². The van der Waals surface area contributed by atoms with Crippen LogP contribution in [0.5, 0.6) is 17.4 Å². The zero-order valence-electron chi connectivity index (χ0n) is 15.4. The summed E-state index contributed by atoms with van der Waals surface area (Å²) >= 11 is 0. The molecule has 0 aliphatic rings. The maximum Gasteiger partial charge on any atom is 0.514 e. The molecule has 138 valence electrons. The number of methoxy groups -OCH3 is 2. The van der Waals surface area contributed by atoms with Crippen LogP contribution < -0.4 is 19.6 Å². The molecular formula is C19H21NO6. The highest BCUT2D eigenvalue weighted by atomic mass is 16.7. The Hall–Kier alpha value is -3.09. The third-order valence-electron chi connectivity index (χ3n) is 3.20. The zero-order chi connectivity index (χ0) is 19.3. The molecule has 0 bridgehead atoms. The first-order valence-electron chi connectivity index (χ1n) is 7.87. The quantitative estimate of drug-likeness (QED) is 0.773. The van der Waals surface area contributed by atoms with E-state index in [0.29, 0.717) is 22.8 Å². The van der Waals surface area contributed by atoms with Gasteiger partial charge in [0.05, 0.1) is 14.2 Å². The standard InChI is InChI=1S/C19H21NO6/c1-19(2,3)26-18(22)25-15-9-12(7-6-8-14(15)21)13-10-16(23-4)17(24-5)20-11-13/h6-11H,1-5H3. The van der Waals surface area contributed by atoms with Gasteiger partial charge < -0.3 is 18.9 Å². The maximum absolute atomic E-state index is 12.1. The Balaban J connectivity index is 2.42. The summed E-state index contributed by atoms with van der Waals surface area (Å²) in [6.45, 7) is 5.12. The van der Waals surface area contributed by atoms with Crippen molar-refractivity contribution in [2.24, 2.45) is 0 Å². The van der Waals surface area contributed by atoms with E-state index in [1.165, 1.54) is 26.4 Å². The van der Waals surface area contributed by atoms with Crippen molar-refractivity contribution in [2.75, 3.05) is 14.2 Å². The van der Waals surface area contributed by atoms with Gasteiger partial charge in [0.25, 0.3) is 5.88 Å². The van der Waals surface area contributed by atoms with E-state index < -0.39 is 17.2 Å². The average molecular weight is 359 g/mol. The second kappa shape index (κ2) is 7.86. The van der Waals surface area contributed by atoms with Crippen molar-refractivity contribution in [2.45, 2.75) is 26.4 Å². The number of hydrogen-bond donors (Lipinski definition) is 0. The molecule has 0 unspecified atom stereocenters. The summed E-state index contributed by atoms with van der Waals surface area (Å²) in [7, 11) is 2.99. The largest absolute Gasteiger partial charge is 0.514 e. The molecule has 0 aliphatic carbocycles. The van der Waals surface area contributed by atoms with Gasteiger partial charge in [-0.15, -0.1) is 0 Å². The van der Waals surface area contributed by atoms with E-state index in [1.807, 2.05) is 0 Å². The number of carbonyl (C=O) groups is 1. The van der Waals surface area contributed by atoms with Crippen LogP contribution in [-0.4, -0.2) is 31.0 Å². The first kappa shape index (κ1) is 19.2. The Morgan fingerprint density at radius 3 is 2.31 bits per heavy atom. The molecule has 0 atom stereocenters. The lowest BCUT2D eigenvalue weighted by Gasteiger charge is -2.18. The second-order valence-electron chi connectivity index (χ2n) is 6.36. The van der Waals surface area contributed by atoms with E-state index in [2.05, 4.69) is 4.98 Å². The lowest BCUT2D eigenvalue weighted by Crippen LogP contribution is -2.26. The number of nitrogens with zero attached hydrogens (tertiary/aromatic N) is 1. The van der Waals surface area contributed by atoms with Gasteiger partial charge in [0.15, 0.2) is 11.5 Å². The van der Waals surface area contributed by atoms with Gasteiger partial charge >= 0.3 is 6.16 Å². The number of rotatable bonds is 4. The highest BCUT2D eigenvalue weighted by Gasteiger charge is 2.19. The SMILES string of the molecule is COc1cc(-c2cccc(=O)c(OC(=O)OC(C)(C)C)c2)cnc1OC. The molecule has 0 aliphatic heterocycles. The molecule has 1 aromatic heterocycles. The van der Waals surface area contributed by atoms with Gasteiger partial charge in [0.2, 0.25) is 5.43 Å². The first-order chi connectivity index (χ1) is 12.2. The van der Waals surface area contributed by atoms with Crippen molar-refractivity contribution in [3.05, 3.63) is 46.8 Å². The smallest absolute Gasteiger partial charge is 0.491 e. The van der Waals surface area contributed by atoms with Crippen molar-refractivity contribution < 1.29 is 23.7 Å². The lowest BCUT2D eigenvalue weighted by molar-refractivity contribution is 0.0204. The number of carbonyl (C=O) groups excluding carboxylic acids is 1. The Bertz CT molecular complexity index is 857. The fourth-order valence-electron chi connectivity index (χ4n) is 2.09. The van der Waals surface area contributed by atoms with E-state index in [1.54, 1.807) is 45.2 Å². The van der Waals surface area contributed by atoms with Crippen molar-refractivity contribution in [1.29, 1.82) is 0 Å². The summed E-state index contributed by atoms with van der Waals surface area (Å²) in [5, 5.41) is 0. The summed E-state index contributed by atoms with van der Waals surface area (Å²) in [5.41, 5.74) is 0.0923. The third kappa shape index (κ3) is 4.95. The van der Waals surface area contributed by atoms with Gasteiger partial charge in [-0.2, -0.15) is 0 Å². The van der Waals surface area contributed by atoms with Gasteiger partial charge in [-0.05, 0) is 44.5 Å². The van der Waals surface area contributed by atoms with Crippen LogP contribution in [0.2, 0.25) is 0 Å². The van der Waals surface area contributed by atoms with Crippen LogP contribution in [0.25, 0.3) is 11.1 Å². The Kier molecular flexibility index (Phi) is 5.82. The van der Waals surface area contributed by atoms with E-state index in [4.69, 9.17) is 18.9 Å². The minimum atomic E-state index is -0.947. The van der Waals surface area contributed by atoms with Crippen molar-refractivity contribution >= 4 is 6.16 Å². The minimum absolute atomic E-state index is 0.144. The van der Waals surface area contributed by atoms with E-state index in [-0.39, 0.29) is 5.75 Å². The molecule has 0 fully saturated rings. The van der Waals surface area contributed by atoms with Gasteiger partial charge in [-0.1, -0.05) is 12.1 Å². The van der Waals surface area contributed by atoms with Crippen molar-refractivity contribution in [3.63, 3.8) is 0 Å². The molecule has 0 amide bonds. The molecule has 0 saturated carbocycles. The fourth-order valence-corrected chi connectivity index (χ4v) is 2.09. The highest BCUT2D eigenvalue weighted by molar-refractivity contribution is 5.69. The summed E-state index contributed by atoms with van der Waals surface area (Å²) < 4.78 is 20.5. The van der Waals surface area contributed by atoms with Crippen LogP contribution in [0, 0.1) is 0 Å². The van der Waals surface area contributed by atoms with E-state index in [9.17, 15) is 9.59 Å². The summed E-state index contributed by atoms with van der Waals surface area (Å²) in [5.74, 6) is 0.633. The molecule has 0 radical (unpaired) electrons.